The fourth-order valence-corrected chi connectivity index (χ4v) is 8.55. The maximum Gasteiger partial charge on any atom is 0.319 e. The van der Waals surface area contributed by atoms with E-state index in [1.54, 1.807) is 25.4 Å². The highest BCUT2D eigenvalue weighted by atomic mass is 35.5. The lowest BCUT2D eigenvalue weighted by molar-refractivity contribution is 0.155. The monoisotopic (exact) mass is 704 g/mol. The van der Waals surface area contributed by atoms with E-state index in [0.29, 0.717) is 23.6 Å². The first kappa shape index (κ1) is 31.9. The average Bonchev–Trinajstić information content (AvgIpc) is 3.85. The van der Waals surface area contributed by atoms with Gasteiger partial charge in [-0.25, -0.2) is 18.2 Å². The van der Waals surface area contributed by atoms with E-state index >= 15 is 4.39 Å². The average molecular weight is 705 g/mol. The molecular formula is C35H32ClF3N8OS. The van der Waals surface area contributed by atoms with Gasteiger partial charge in [-0.05, 0) is 43.5 Å². The van der Waals surface area contributed by atoms with Crippen LogP contribution in [0.3, 0.4) is 0 Å². The molecular weight excluding hydrogens is 673 g/mol. The molecule has 2 saturated carbocycles. The van der Waals surface area contributed by atoms with Gasteiger partial charge in [0.15, 0.2) is 5.82 Å². The molecule has 8 rings (SSSR count). The van der Waals surface area contributed by atoms with Crippen molar-refractivity contribution in [1.29, 1.82) is 5.26 Å². The number of likely N-dealkylation sites (tertiary alicyclic amines) is 1. The smallest absolute Gasteiger partial charge is 0.319 e. The molecule has 5 aromatic rings. The summed E-state index contributed by atoms with van der Waals surface area (Å²) in [6, 6.07) is 9.48. The second kappa shape index (κ2) is 11.6. The Bertz CT molecular complexity index is 2190. The number of alkyl halides is 1. The van der Waals surface area contributed by atoms with Gasteiger partial charge in [0, 0.05) is 72.0 Å². The van der Waals surface area contributed by atoms with Crippen LogP contribution in [-0.2, 0) is 0 Å². The van der Waals surface area contributed by atoms with E-state index in [1.165, 1.54) is 12.1 Å². The van der Waals surface area contributed by atoms with Crippen molar-refractivity contribution in [3.8, 4) is 23.2 Å². The third kappa shape index (κ3) is 5.28. The van der Waals surface area contributed by atoms with Crippen molar-refractivity contribution < 1.29 is 17.9 Å². The number of nitrogens with two attached hydrogens (primary N) is 2. The number of thiophene rings is 1. The Morgan fingerprint density at radius 2 is 1.96 bits per heavy atom. The first-order valence-electron chi connectivity index (χ1n) is 16.0. The van der Waals surface area contributed by atoms with Crippen molar-refractivity contribution in [2.24, 2.45) is 17.3 Å². The number of rotatable bonds is 9. The summed E-state index contributed by atoms with van der Waals surface area (Å²) in [5.74, 6) is -0.363. The number of nitrogens with zero attached hydrogens (tertiary/aromatic N) is 6. The summed E-state index contributed by atoms with van der Waals surface area (Å²) in [5, 5.41) is 10.5. The highest BCUT2D eigenvalue weighted by molar-refractivity contribution is 7.23. The molecule has 3 fully saturated rings. The summed E-state index contributed by atoms with van der Waals surface area (Å²) in [6.45, 7) is 4.57. The maximum absolute atomic E-state index is 17.0. The van der Waals surface area contributed by atoms with E-state index in [4.69, 9.17) is 32.8 Å². The van der Waals surface area contributed by atoms with Gasteiger partial charge in [0.05, 0.1) is 27.9 Å². The van der Waals surface area contributed by atoms with E-state index in [0.717, 1.165) is 49.4 Å². The summed E-state index contributed by atoms with van der Waals surface area (Å²) in [4.78, 5) is 17.7. The molecule has 3 aliphatic rings. The second-order valence-corrected chi connectivity index (χ2v) is 15.0. The molecule has 2 aliphatic carbocycles. The SMILES string of the molecule is C[C@H](c1cccnc1N)N(C)c1nc(OCC2(CN3CC4C(F)C4C3)CC2)nc2c(F)c(-c3ccc(F)c4sc(N)c(C#N)c34)c(Cl)cc12. The number of pyridine rings is 1. The van der Waals surface area contributed by atoms with E-state index < -0.39 is 17.8 Å². The van der Waals surface area contributed by atoms with Crippen molar-refractivity contribution in [3.05, 3.63) is 64.3 Å². The van der Waals surface area contributed by atoms with Gasteiger partial charge in [0.2, 0.25) is 0 Å². The van der Waals surface area contributed by atoms with E-state index in [-0.39, 0.29) is 71.6 Å². The molecule has 14 heteroatoms. The minimum Gasteiger partial charge on any atom is -0.463 e. The number of hydrogen-bond donors (Lipinski definition) is 2. The minimum atomic E-state index is -0.780. The Morgan fingerprint density at radius 3 is 2.65 bits per heavy atom. The topological polar surface area (TPSA) is 130 Å². The molecule has 0 bridgehead atoms. The van der Waals surface area contributed by atoms with Crippen LogP contribution in [-0.4, -0.2) is 59.3 Å². The van der Waals surface area contributed by atoms with Crippen LogP contribution in [0.5, 0.6) is 6.01 Å². The van der Waals surface area contributed by atoms with Crippen LogP contribution in [0.4, 0.5) is 29.8 Å². The summed E-state index contributed by atoms with van der Waals surface area (Å²) >= 11 is 7.77. The summed E-state index contributed by atoms with van der Waals surface area (Å²) in [7, 11) is 1.80. The Morgan fingerprint density at radius 1 is 1.20 bits per heavy atom. The molecule has 9 nitrogen and oxygen atoms in total. The standard InChI is InChI=1S/C35H32ClF3N8OS/c1-16(17-4-3-9-43-31(17)41)46(2)33-19-10-23(36)26(18-5-6-24(37)30-25(18)20(11-40)32(42)49-30)28(39)29(19)44-34(45-33)48-15-35(7-8-35)14-47-12-21-22(13-47)27(21)38/h3-6,9-10,16,21-22,27H,7-8,12-15,42H2,1-2H3,(H2,41,43)/t16-,21?,22?,27?/m1/s1. The zero-order valence-corrected chi connectivity index (χ0v) is 28.3. The first-order valence-corrected chi connectivity index (χ1v) is 17.2. The summed E-state index contributed by atoms with van der Waals surface area (Å²) in [5.41, 5.74) is 13.1. The van der Waals surface area contributed by atoms with Gasteiger partial charge in [0.25, 0.3) is 0 Å². The number of nitrogen functional groups attached to an aromatic ring is 2. The second-order valence-electron chi connectivity index (χ2n) is 13.5. The molecule has 4 N–H and O–H groups in total. The Hall–Kier alpha value is -4.38. The number of nitriles is 1. The first-order chi connectivity index (χ1) is 23.5. The van der Waals surface area contributed by atoms with E-state index in [1.807, 2.05) is 24.0 Å². The number of ether oxygens (including phenoxy) is 1. The van der Waals surface area contributed by atoms with Crippen LogP contribution < -0.4 is 21.1 Å². The molecule has 3 aromatic heterocycles. The van der Waals surface area contributed by atoms with Crippen LogP contribution in [0.15, 0.2) is 36.5 Å². The van der Waals surface area contributed by atoms with Crippen LogP contribution in [0.25, 0.3) is 32.1 Å². The lowest BCUT2D eigenvalue weighted by Crippen LogP contribution is -2.34. The third-order valence-electron chi connectivity index (χ3n) is 10.5. The van der Waals surface area contributed by atoms with Crippen LogP contribution >= 0.6 is 22.9 Å². The Labute approximate surface area is 289 Å². The van der Waals surface area contributed by atoms with Gasteiger partial charge in [-0.2, -0.15) is 15.2 Å². The lowest BCUT2D eigenvalue weighted by Gasteiger charge is -2.29. The highest BCUT2D eigenvalue weighted by Gasteiger charge is 2.58. The molecule has 4 heterocycles. The van der Waals surface area contributed by atoms with Gasteiger partial charge in [-0.1, -0.05) is 23.7 Å². The zero-order valence-electron chi connectivity index (χ0n) is 26.7. The van der Waals surface area contributed by atoms with Crippen LogP contribution in [0.2, 0.25) is 5.02 Å². The van der Waals surface area contributed by atoms with Crippen molar-refractivity contribution in [3.63, 3.8) is 0 Å². The van der Waals surface area contributed by atoms with Gasteiger partial charge >= 0.3 is 6.01 Å². The normalized spacial score (nSPS) is 21.4. The summed E-state index contributed by atoms with van der Waals surface area (Å²) < 4.78 is 52.1. The fourth-order valence-electron chi connectivity index (χ4n) is 7.31. The van der Waals surface area contributed by atoms with Crippen molar-refractivity contribution >= 4 is 60.6 Å². The molecule has 2 aromatic carbocycles. The van der Waals surface area contributed by atoms with Crippen molar-refractivity contribution in [2.45, 2.75) is 32.0 Å². The number of benzene rings is 2. The van der Waals surface area contributed by atoms with Gasteiger partial charge < -0.3 is 26.0 Å². The number of anilines is 3. The number of aromatic nitrogens is 3. The summed E-state index contributed by atoms with van der Waals surface area (Å²) in [6.07, 6.45) is 2.84. The predicted molar refractivity (Wildman–Crippen MR) is 185 cm³/mol. The molecule has 0 radical (unpaired) electrons. The van der Waals surface area contributed by atoms with Crippen molar-refractivity contribution in [2.75, 3.05) is 49.7 Å². The van der Waals surface area contributed by atoms with Gasteiger partial charge in [-0.15, -0.1) is 11.3 Å². The van der Waals surface area contributed by atoms with Gasteiger partial charge in [0.1, 0.15) is 40.2 Å². The molecule has 1 aliphatic heterocycles. The zero-order chi connectivity index (χ0) is 34.4. The quantitative estimate of drug-likeness (QED) is 0.165. The number of halogens is 4. The molecule has 0 amide bonds. The lowest BCUT2D eigenvalue weighted by atomic mass is 9.97. The molecule has 0 spiro atoms. The van der Waals surface area contributed by atoms with Crippen molar-refractivity contribution in [1.82, 2.24) is 19.9 Å². The fraction of sp³-hybridized carbons (Fsp3) is 0.371. The molecule has 2 unspecified atom stereocenters. The Balaban J connectivity index is 1.23. The third-order valence-corrected chi connectivity index (χ3v) is 11.8. The molecule has 3 atom stereocenters. The maximum atomic E-state index is 17.0. The predicted octanol–water partition coefficient (Wildman–Crippen LogP) is 7.13. The number of hydrogen-bond acceptors (Lipinski definition) is 10. The molecule has 252 valence electrons. The minimum absolute atomic E-state index is 0.0168. The Kier molecular flexibility index (Phi) is 7.55. The number of fused-ring (bicyclic) bond motifs is 3. The number of piperidine rings is 1. The van der Waals surface area contributed by atoms with Crippen LogP contribution in [0, 0.1) is 40.2 Å². The molecule has 49 heavy (non-hydrogen) atoms. The van der Waals surface area contributed by atoms with E-state index in [2.05, 4.69) is 14.9 Å². The largest absolute Gasteiger partial charge is 0.463 e. The van der Waals surface area contributed by atoms with Gasteiger partial charge in [-0.3, -0.25) is 0 Å². The highest BCUT2D eigenvalue weighted by Crippen LogP contribution is 2.52. The van der Waals surface area contributed by atoms with Crippen LogP contribution in [0.1, 0.15) is 36.9 Å². The molecule has 1 saturated heterocycles. The van der Waals surface area contributed by atoms with E-state index in [9.17, 15) is 14.0 Å².